The number of aliphatic hydroxyl groups excluding tert-OH is 3. The molecule has 31 nitrogen and oxygen atoms in total. The SMILES string of the molecule is CC(=O)O.CC(=O)O.COc1ccc(C2C(=C(O)c3ccc4c(c3)OCCO4)C(=O)C(=O)N2c2nnc(SCc3ccccc3Cl)s2)cc1.COc1ccc(C2C(=C(O)c3ccc4c(c3)OCCO4)C(=O)C(=O)N2c2nnc(SCc3ccccc3Cl)s2)cc1.COc1ccc(C2C(=C(O)c3ccc4c(c3)OCCO4)C(=O)C(=O)N2c2nnc(SCc3ccccc3Cl)s2)cc1. The van der Waals surface area contributed by atoms with Gasteiger partial charge in [-0.25, -0.2) is 0 Å². The molecule has 0 spiro atoms. The van der Waals surface area contributed by atoms with E-state index in [9.17, 15) is 44.1 Å². The van der Waals surface area contributed by atoms with E-state index in [0.29, 0.717) is 170 Å². The Morgan fingerprint density at radius 3 is 0.832 bits per heavy atom. The van der Waals surface area contributed by atoms with Crippen LogP contribution in [0.4, 0.5) is 15.4 Å². The molecule has 3 fully saturated rings. The number of ether oxygens (including phenoxy) is 9. The van der Waals surface area contributed by atoms with Gasteiger partial charge in [-0.1, -0.05) is 195 Å². The van der Waals surface area contributed by atoms with Crippen molar-refractivity contribution in [3.63, 3.8) is 0 Å². The third kappa shape index (κ3) is 21.8. The number of nitrogens with zero attached hydrogens (tertiary/aromatic N) is 9. The molecule has 131 heavy (non-hydrogen) atoms. The molecule has 0 aliphatic carbocycles. The number of hydrogen-bond acceptors (Lipinski definition) is 32. The monoisotopic (exact) mass is 1940 g/mol. The number of carboxylic acids is 2. The predicted octanol–water partition coefficient (Wildman–Crippen LogP) is 17.9. The number of amides is 3. The maximum Gasteiger partial charge on any atom is 0.301 e. The number of aliphatic hydroxyl groups is 3. The molecule has 9 aromatic carbocycles. The van der Waals surface area contributed by atoms with Crippen molar-refractivity contribution >= 4 is 184 Å². The van der Waals surface area contributed by atoms with Gasteiger partial charge in [0.1, 0.15) is 74.2 Å². The maximum atomic E-state index is 13.5. The van der Waals surface area contributed by atoms with E-state index in [-0.39, 0.29) is 49.4 Å². The van der Waals surface area contributed by atoms with Crippen molar-refractivity contribution in [2.45, 2.75) is 62.3 Å². The Morgan fingerprint density at radius 2 is 0.595 bits per heavy atom. The van der Waals surface area contributed by atoms with Crippen LogP contribution in [0.25, 0.3) is 17.3 Å². The smallest absolute Gasteiger partial charge is 0.301 e. The Balaban J connectivity index is 0.000000152. The van der Waals surface area contributed by atoms with Crippen LogP contribution < -0.4 is 57.3 Å². The number of aromatic nitrogens is 6. The number of fused-ring (bicyclic) bond motifs is 3. The van der Waals surface area contributed by atoms with Crippen LogP contribution in [0.3, 0.4) is 0 Å². The van der Waals surface area contributed by atoms with Crippen molar-refractivity contribution < 1.29 is 107 Å². The molecule has 5 N–H and O–H groups in total. The van der Waals surface area contributed by atoms with E-state index in [1.807, 2.05) is 72.8 Å². The van der Waals surface area contributed by atoms with Crippen LogP contribution in [-0.4, -0.2) is 164 Å². The Hall–Kier alpha value is -13.2. The fourth-order valence-electron chi connectivity index (χ4n) is 13.8. The number of halogens is 3. The summed E-state index contributed by atoms with van der Waals surface area (Å²) in [5.41, 5.74) is 5.32. The van der Waals surface area contributed by atoms with Gasteiger partial charge in [-0.3, -0.25) is 53.1 Å². The van der Waals surface area contributed by atoms with Gasteiger partial charge in [0, 0.05) is 62.9 Å². The summed E-state index contributed by atoms with van der Waals surface area (Å²) >= 11 is 26.7. The van der Waals surface area contributed by atoms with Gasteiger partial charge in [0.25, 0.3) is 29.3 Å². The summed E-state index contributed by atoms with van der Waals surface area (Å²) in [6.45, 7) is 4.51. The van der Waals surface area contributed by atoms with Crippen molar-refractivity contribution in [1.82, 2.24) is 30.6 Å². The summed E-state index contributed by atoms with van der Waals surface area (Å²) in [4.78, 5) is 103. The van der Waals surface area contributed by atoms with Gasteiger partial charge < -0.3 is 68.2 Å². The van der Waals surface area contributed by atoms with E-state index in [2.05, 4.69) is 30.6 Å². The first-order chi connectivity index (χ1) is 63.3. The number of anilines is 3. The van der Waals surface area contributed by atoms with Crippen LogP contribution in [0.5, 0.6) is 51.7 Å². The van der Waals surface area contributed by atoms with Crippen LogP contribution in [0.2, 0.25) is 15.1 Å². The highest BCUT2D eigenvalue weighted by Gasteiger charge is 2.52. The van der Waals surface area contributed by atoms with E-state index in [4.69, 9.17) is 97.2 Å². The second-order valence-corrected chi connectivity index (χ2v) is 35.9. The number of Topliss-reactive ketones (excluding diaryl/α,β-unsaturated/α-hetero) is 3. The van der Waals surface area contributed by atoms with Gasteiger partial charge in [0.15, 0.2) is 47.5 Å². The summed E-state index contributed by atoms with van der Waals surface area (Å²) in [5, 5.41) is 77.4. The molecule has 6 aliphatic heterocycles. The number of thioether (sulfide) groups is 3. The van der Waals surface area contributed by atoms with Crippen molar-refractivity contribution in [2.24, 2.45) is 0 Å². The van der Waals surface area contributed by atoms with Crippen LogP contribution in [0.1, 0.15) is 82.0 Å². The lowest BCUT2D eigenvalue weighted by molar-refractivity contribution is -0.135. The predicted molar refractivity (Wildman–Crippen MR) is 495 cm³/mol. The lowest BCUT2D eigenvalue weighted by Gasteiger charge is -2.23. The molecular weight excluding hydrogens is 1870 g/mol. The zero-order chi connectivity index (χ0) is 92.7. The lowest BCUT2D eigenvalue weighted by Crippen LogP contribution is -2.29. The van der Waals surface area contributed by atoms with Gasteiger partial charge in [-0.15, -0.1) is 30.6 Å². The van der Waals surface area contributed by atoms with E-state index in [0.717, 1.165) is 30.5 Å². The van der Waals surface area contributed by atoms with Crippen molar-refractivity contribution in [3.8, 4) is 51.7 Å². The van der Waals surface area contributed by atoms with Crippen molar-refractivity contribution in [3.05, 3.63) is 282 Å². The van der Waals surface area contributed by atoms with Gasteiger partial charge in [-0.2, -0.15) is 0 Å². The minimum absolute atomic E-state index is 0.0719. The first-order valence-corrected chi connectivity index (χ1v) is 45.9. The number of carbonyl (C=O) groups is 8. The molecule has 0 saturated carbocycles. The quantitative estimate of drug-likeness (QED) is 0.0147. The number of carboxylic acid groups (broad SMARTS) is 2. The second-order valence-electron chi connectivity index (χ2n) is 28.1. The largest absolute Gasteiger partial charge is 0.507 e. The molecule has 12 aromatic rings. The van der Waals surface area contributed by atoms with Crippen LogP contribution in [0.15, 0.2) is 230 Å². The summed E-state index contributed by atoms with van der Waals surface area (Å²) in [7, 11) is 4.64. The molecule has 6 aliphatic rings. The zero-order valence-corrected chi connectivity index (χ0v) is 76.6. The number of ketones is 3. The highest BCUT2D eigenvalue weighted by Crippen LogP contribution is 2.51. The summed E-state index contributed by atoms with van der Waals surface area (Å²) in [6.07, 6.45) is 0. The normalized spacial score (nSPS) is 16.9. The number of methoxy groups -OCH3 is 3. The molecule has 672 valence electrons. The minimum atomic E-state index is -0.955. The molecule has 3 unspecified atom stereocenters. The fraction of sp³-hybridized carbons (Fsp3) is 0.187. The molecule has 9 heterocycles. The Bertz CT molecular complexity index is 5830. The number of rotatable bonds is 21. The number of carbonyl (C=O) groups excluding carboxylic acids is 6. The molecule has 3 amide bonds. The van der Waals surface area contributed by atoms with Gasteiger partial charge >= 0.3 is 17.7 Å². The third-order valence-corrected chi connectivity index (χ3v) is 27.2. The van der Waals surface area contributed by atoms with E-state index >= 15 is 0 Å². The van der Waals surface area contributed by atoms with Gasteiger partial charge in [-0.05, 0) is 143 Å². The molecule has 3 aromatic heterocycles. The number of aliphatic carboxylic acids is 2. The van der Waals surface area contributed by atoms with Crippen LogP contribution in [-0.2, 0) is 55.6 Å². The molecule has 3 atom stereocenters. The third-order valence-electron chi connectivity index (χ3n) is 19.8. The summed E-state index contributed by atoms with van der Waals surface area (Å²) < 4.78 is 51.4. The molecule has 3 saturated heterocycles. The minimum Gasteiger partial charge on any atom is -0.507 e. The molecular formula is C91H74Cl3N9O22S6. The fourth-order valence-corrected chi connectivity index (χ4v) is 20.2. The zero-order valence-electron chi connectivity index (χ0n) is 69.4. The van der Waals surface area contributed by atoms with Gasteiger partial charge in [0.2, 0.25) is 15.4 Å². The topological polar surface area (TPSA) is 408 Å². The standard InChI is InChI=1S/3C29H22ClN3O6S2.2C2H4O2/c3*1-37-19-9-6-16(7-10-19)24-23(25(34)17-8-11-21-22(14-17)39-13-12-38-21)26(35)27(36)33(24)28-31-32-29(41-28)40-15-18-4-2-3-5-20(18)30;2*1-2(3)4/h3*2-11,14,24,34H,12-13,15H2,1H3;2*1H3,(H,3,4). The maximum absolute atomic E-state index is 13.5. The second kappa shape index (κ2) is 43.0. The average Bonchev–Trinajstić information content (AvgIpc) is 1.60. The van der Waals surface area contributed by atoms with Crippen molar-refractivity contribution in [2.75, 3.05) is 75.7 Å². The van der Waals surface area contributed by atoms with E-state index in [1.165, 1.54) is 84.0 Å². The van der Waals surface area contributed by atoms with Crippen molar-refractivity contribution in [1.29, 1.82) is 0 Å². The molecule has 40 heteroatoms. The van der Waals surface area contributed by atoms with Crippen LogP contribution in [0, 0.1) is 0 Å². The Labute approximate surface area is 786 Å². The Morgan fingerprint density at radius 1 is 0.359 bits per heavy atom. The number of benzene rings is 9. The summed E-state index contributed by atoms with van der Waals surface area (Å²) in [6, 6.07) is 55.1. The van der Waals surface area contributed by atoms with E-state index < -0.39 is 65.1 Å². The highest BCUT2D eigenvalue weighted by molar-refractivity contribution is 8.00. The first-order valence-electron chi connectivity index (χ1n) is 39.3. The molecule has 0 bridgehead atoms. The highest BCUT2D eigenvalue weighted by atomic mass is 35.5. The lowest BCUT2D eigenvalue weighted by atomic mass is 9.95. The van der Waals surface area contributed by atoms with Gasteiger partial charge in [0.05, 0.1) is 56.2 Å². The van der Waals surface area contributed by atoms with E-state index in [1.54, 1.807) is 149 Å². The Kier molecular flexibility index (Phi) is 30.8. The summed E-state index contributed by atoms with van der Waals surface area (Å²) in [5.74, 6) is -1.19. The molecule has 18 rings (SSSR count). The first kappa shape index (κ1) is 93.9. The van der Waals surface area contributed by atoms with Crippen LogP contribution >= 0.6 is 104 Å². The number of hydrogen-bond donors (Lipinski definition) is 5. The molecule has 0 radical (unpaired) electrons. The average molecular weight is 1940 g/mol.